The molecule has 10 rings (SSSR count). The van der Waals surface area contributed by atoms with E-state index in [0.717, 1.165) is 60.5 Å². The van der Waals surface area contributed by atoms with Gasteiger partial charge in [0.1, 0.15) is 11.2 Å². The minimum Gasteiger partial charge on any atom is -0.456 e. The number of fused-ring (bicyclic) bond motifs is 10. The van der Waals surface area contributed by atoms with Crippen LogP contribution in [0.1, 0.15) is 16.7 Å². The van der Waals surface area contributed by atoms with Crippen LogP contribution in [0.15, 0.2) is 195 Å². The molecule has 10 aromatic rings. The molecule has 4 heteroatoms. The van der Waals surface area contributed by atoms with E-state index in [1.165, 1.54) is 32.3 Å². The van der Waals surface area contributed by atoms with Gasteiger partial charge in [0.05, 0.1) is 6.54 Å². The first kappa shape index (κ1) is 31.6. The number of rotatable bonds is 5. The lowest BCUT2D eigenvalue weighted by molar-refractivity contribution is 0.669. The SMILES string of the molecule is C=N/C(=N\C(=N/Cc1ccccc1)c1ccc2ccccc2c1)c1cc(-c2ccc3c4ccccc4c4ccccc4c3c2)cc2oc3ccccc3c12. The minimum atomic E-state index is 0.473. The highest BCUT2D eigenvalue weighted by Gasteiger charge is 2.19. The molecular formula is C50H33N3O. The number of amidine groups is 2. The quantitative estimate of drug-likeness (QED) is 0.101. The average molecular weight is 692 g/mol. The monoisotopic (exact) mass is 691 g/mol. The maximum atomic E-state index is 6.56. The van der Waals surface area contributed by atoms with Crippen molar-refractivity contribution in [1.82, 2.24) is 0 Å². The Morgan fingerprint density at radius 2 is 1.09 bits per heavy atom. The smallest absolute Gasteiger partial charge is 0.161 e. The fraction of sp³-hybridized carbons (Fsp3) is 0.0200. The molecule has 0 aliphatic carbocycles. The fourth-order valence-corrected chi connectivity index (χ4v) is 7.83. The van der Waals surface area contributed by atoms with Crippen LogP contribution >= 0.6 is 0 Å². The molecule has 0 aliphatic rings. The van der Waals surface area contributed by atoms with Crippen LogP contribution in [0.2, 0.25) is 0 Å². The van der Waals surface area contributed by atoms with E-state index in [9.17, 15) is 0 Å². The largest absolute Gasteiger partial charge is 0.456 e. The zero-order chi connectivity index (χ0) is 36.0. The summed E-state index contributed by atoms with van der Waals surface area (Å²) in [5, 5.41) is 11.6. The highest BCUT2D eigenvalue weighted by Crippen LogP contribution is 2.40. The summed E-state index contributed by atoms with van der Waals surface area (Å²) in [5.41, 5.74) is 6.47. The number of para-hydroxylation sites is 1. The second kappa shape index (κ2) is 13.1. The molecule has 0 aliphatic heterocycles. The van der Waals surface area contributed by atoms with Crippen LogP contribution in [0.4, 0.5) is 0 Å². The summed E-state index contributed by atoms with van der Waals surface area (Å²) < 4.78 is 6.56. The molecule has 0 saturated carbocycles. The predicted octanol–water partition coefficient (Wildman–Crippen LogP) is 13.0. The molecule has 0 amide bonds. The third-order valence-corrected chi connectivity index (χ3v) is 10.4. The molecule has 0 spiro atoms. The van der Waals surface area contributed by atoms with Crippen molar-refractivity contribution in [3.63, 3.8) is 0 Å². The Labute approximate surface area is 312 Å². The van der Waals surface area contributed by atoms with Crippen molar-refractivity contribution in [3.05, 3.63) is 193 Å². The summed E-state index contributed by atoms with van der Waals surface area (Å²) in [6.07, 6.45) is 0. The summed E-state index contributed by atoms with van der Waals surface area (Å²) in [7, 11) is 0. The molecule has 0 atom stereocenters. The first-order chi connectivity index (χ1) is 26.7. The van der Waals surface area contributed by atoms with Crippen LogP contribution in [-0.2, 0) is 6.54 Å². The van der Waals surface area contributed by atoms with Gasteiger partial charge in [0.15, 0.2) is 11.7 Å². The van der Waals surface area contributed by atoms with E-state index in [4.69, 9.17) is 14.4 Å². The van der Waals surface area contributed by atoms with Crippen molar-refractivity contribution in [1.29, 1.82) is 0 Å². The molecule has 0 radical (unpaired) electrons. The molecule has 0 bridgehead atoms. The van der Waals surface area contributed by atoms with E-state index in [1.807, 2.05) is 36.4 Å². The second-order valence-corrected chi connectivity index (χ2v) is 13.6. The lowest BCUT2D eigenvalue weighted by Gasteiger charge is -2.13. The average Bonchev–Trinajstić information content (AvgIpc) is 3.62. The van der Waals surface area contributed by atoms with Gasteiger partial charge in [-0.2, -0.15) is 0 Å². The summed E-state index contributed by atoms with van der Waals surface area (Å²) in [6, 6.07) is 61.5. The highest BCUT2D eigenvalue weighted by atomic mass is 16.3. The number of aliphatic imine (C=N–C) groups is 3. The zero-order valence-corrected chi connectivity index (χ0v) is 29.4. The minimum absolute atomic E-state index is 0.473. The summed E-state index contributed by atoms with van der Waals surface area (Å²) >= 11 is 0. The van der Waals surface area contributed by atoms with Crippen LogP contribution in [0.5, 0.6) is 0 Å². The molecule has 0 fully saturated rings. The van der Waals surface area contributed by atoms with Crippen LogP contribution in [0.25, 0.3) is 76.2 Å². The Morgan fingerprint density at radius 1 is 0.463 bits per heavy atom. The van der Waals surface area contributed by atoms with Crippen molar-refractivity contribution in [2.75, 3.05) is 0 Å². The van der Waals surface area contributed by atoms with E-state index in [1.54, 1.807) is 0 Å². The maximum Gasteiger partial charge on any atom is 0.161 e. The third-order valence-electron chi connectivity index (χ3n) is 10.4. The Bertz CT molecular complexity index is 3120. The second-order valence-electron chi connectivity index (χ2n) is 13.6. The Balaban J connectivity index is 1.20. The van der Waals surface area contributed by atoms with Gasteiger partial charge in [-0.25, -0.2) is 9.98 Å². The third kappa shape index (κ3) is 5.44. The van der Waals surface area contributed by atoms with Crippen molar-refractivity contribution in [2.45, 2.75) is 6.54 Å². The number of hydrogen-bond acceptors (Lipinski definition) is 2. The zero-order valence-electron chi connectivity index (χ0n) is 29.4. The predicted molar refractivity (Wildman–Crippen MR) is 228 cm³/mol. The van der Waals surface area contributed by atoms with E-state index in [0.29, 0.717) is 18.2 Å². The van der Waals surface area contributed by atoms with Gasteiger partial charge in [-0.1, -0.05) is 146 Å². The van der Waals surface area contributed by atoms with Gasteiger partial charge in [0.2, 0.25) is 0 Å². The summed E-state index contributed by atoms with van der Waals surface area (Å²) in [4.78, 5) is 15.0. The molecule has 0 N–H and O–H groups in total. The van der Waals surface area contributed by atoms with Crippen LogP contribution < -0.4 is 0 Å². The molecule has 0 unspecified atom stereocenters. The molecule has 1 aromatic heterocycles. The number of hydrogen-bond donors (Lipinski definition) is 0. The van der Waals surface area contributed by atoms with Crippen molar-refractivity contribution < 1.29 is 4.42 Å². The van der Waals surface area contributed by atoms with Crippen LogP contribution in [-0.4, -0.2) is 18.4 Å². The van der Waals surface area contributed by atoms with Crippen LogP contribution in [0.3, 0.4) is 0 Å². The van der Waals surface area contributed by atoms with Gasteiger partial charge in [0.25, 0.3) is 0 Å². The van der Waals surface area contributed by atoms with Gasteiger partial charge < -0.3 is 4.42 Å². The van der Waals surface area contributed by atoms with Crippen molar-refractivity contribution >= 4 is 83.4 Å². The van der Waals surface area contributed by atoms with Gasteiger partial charge in [-0.3, -0.25) is 4.99 Å². The first-order valence-electron chi connectivity index (χ1n) is 18.1. The molecular weight excluding hydrogens is 659 g/mol. The topological polar surface area (TPSA) is 50.2 Å². The van der Waals surface area contributed by atoms with E-state index in [2.05, 4.69) is 151 Å². The lowest BCUT2D eigenvalue weighted by Crippen LogP contribution is -2.06. The van der Waals surface area contributed by atoms with Crippen molar-refractivity contribution in [3.8, 4) is 11.1 Å². The standard InChI is InChI=1S/C50H33N3O/c1-51-50(53-49(52-31-32-13-3-2-4-14-32)36-24-23-33-15-5-6-16-34(33)27-36)45-29-37(30-47-48(45)43-21-11-12-22-46(43)54-47)35-25-26-42-40-19-8-7-17-38(40)39-18-9-10-20-41(39)44(42)28-35/h2-30H,1,31H2/b52-49-,53-50-. The van der Waals surface area contributed by atoms with E-state index >= 15 is 0 Å². The van der Waals surface area contributed by atoms with Crippen LogP contribution in [0, 0.1) is 0 Å². The Morgan fingerprint density at radius 3 is 1.83 bits per heavy atom. The summed E-state index contributed by atoms with van der Waals surface area (Å²) in [5.74, 6) is 1.06. The molecule has 254 valence electrons. The summed E-state index contributed by atoms with van der Waals surface area (Å²) in [6.45, 7) is 4.54. The van der Waals surface area contributed by atoms with Crippen molar-refractivity contribution in [2.24, 2.45) is 15.0 Å². The van der Waals surface area contributed by atoms with Gasteiger partial charge in [0, 0.05) is 21.9 Å². The molecule has 54 heavy (non-hydrogen) atoms. The van der Waals surface area contributed by atoms with Gasteiger partial charge in [-0.05, 0) is 96.8 Å². The van der Waals surface area contributed by atoms with E-state index in [-0.39, 0.29) is 0 Å². The first-order valence-corrected chi connectivity index (χ1v) is 18.1. The molecule has 4 nitrogen and oxygen atoms in total. The fourth-order valence-electron chi connectivity index (χ4n) is 7.83. The molecule has 9 aromatic carbocycles. The van der Waals surface area contributed by atoms with Gasteiger partial charge >= 0.3 is 0 Å². The van der Waals surface area contributed by atoms with Gasteiger partial charge in [-0.15, -0.1) is 0 Å². The normalized spacial score (nSPS) is 12.4. The Kier molecular flexibility index (Phi) is 7.66. The number of benzene rings is 9. The number of furan rings is 1. The lowest BCUT2D eigenvalue weighted by atomic mass is 9.91. The maximum absolute atomic E-state index is 6.56. The molecule has 0 saturated heterocycles. The Hall–Kier alpha value is -7.17. The highest BCUT2D eigenvalue weighted by molar-refractivity contribution is 6.26. The van der Waals surface area contributed by atoms with E-state index < -0.39 is 0 Å². The molecule has 1 heterocycles. The number of nitrogens with zero attached hydrogens (tertiary/aromatic N) is 3.